The van der Waals surface area contributed by atoms with E-state index < -0.39 is 0 Å². The fourth-order valence-corrected chi connectivity index (χ4v) is 4.49. The van der Waals surface area contributed by atoms with Gasteiger partial charge in [0.05, 0.1) is 12.6 Å². The van der Waals surface area contributed by atoms with Crippen molar-refractivity contribution in [2.45, 2.75) is 33.2 Å². The molecule has 2 N–H and O–H groups in total. The van der Waals surface area contributed by atoms with Crippen LogP contribution in [-0.2, 0) is 16.0 Å². The second kappa shape index (κ2) is 10.7. The molecule has 1 aromatic heterocycles. The number of anilines is 1. The molecule has 2 heterocycles. The third kappa shape index (κ3) is 6.14. The number of thiophene rings is 1. The van der Waals surface area contributed by atoms with E-state index >= 15 is 0 Å². The van der Waals surface area contributed by atoms with Gasteiger partial charge in [-0.05, 0) is 49.8 Å². The number of hydrogen-bond donors (Lipinski definition) is 2. The Bertz CT molecular complexity index is 825. The summed E-state index contributed by atoms with van der Waals surface area (Å²) in [7, 11) is 0. The van der Waals surface area contributed by atoms with Gasteiger partial charge in [0.15, 0.2) is 0 Å². The van der Waals surface area contributed by atoms with Crippen LogP contribution in [0.3, 0.4) is 0 Å². The van der Waals surface area contributed by atoms with Crippen LogP contribution in [0.4, 0.5) is 5.69 Å². The van der Waals surface area contributed by atoms with E-state index in [0.29, 0.717) is 13.1 Å². The minimum Gasteiger partial charge on any atom is -0.354 e. The van der Waals surface area contributed by atoms with Crippen molar-refractivity contribution in [3.63, 3.8) is 0 Å². The molecule has 7 heteroatoms. The maximum absolute atomic E-state index is 12.5. The van der Waals surface area contributed by atoms with Crippen molar-refractivity contribution in [1.29, 1.82) is 0 Å². The molecule has 6 nitrogen and oxygen atoms in total. The highest BCUT2D eigenvalue weighted by molar-refractivity contribution is 7.09. The van der Waals surface area contributed by atoms with Gasteiger partial charge in [-0.1, -0.05) is 24.3 Å². The van der Waals surface area contributed by atoms with Crippen LogP contribution in [0.2, 0.25) is 0 Å². The first-order chi connectivity index (χ1) is 14.4. The van der Waals surface area contributed by atoms with Gasteiger partial charge in [0.1, 0.15) is 0 Å². The van der Waals surface area contributed by atoms with Gasteiger partial charge in [-0.15, -0.1) is 11.3 Å². The molecule has 1 aromatic carbocycles. The van der Waals surface area contributed by atoms with Gasteiger partial charge in [-0.3, -0.25) is 19.4 Å². The van der Waals surface area contributed by atoms with Crippen LogP contribution in [0.5, 0.6) is 0 Å². The van der Waals surface area contributed by atoms with Crippen molar-refractivity contribution >= 4 is 28.8 Å². The molecule has 3 rings (SSSR count). The number of benzene rings is 1. The van der Waals surface area contributed by atoms with Crippen LogP contribution < -0.4 is 10.6 Å². The summed E-state index contributed by atoms with van der Waals surface area (Å²) < 4.78 is 0. The van der Waals surface area contributed by atoms with Crippen molar-refractivity contribution in [1.82, 2.24) is 15.1 Å². The highest BCUT2D eigenvalue weighted by Crippen LogP contribution is 2.19. The van der Waals surface area contributed by atoms with Crippen LogP contribution in [0, 0.1) is 13.8 Å². The second-order valence-electron chi connectivity index (χ2n) is 7.92. The molecular formula is C23H32N4O2S. The molecule has 30 heavy (non-hydrogen) atoms. The number of carbonyl (C=O) groups excluding carboxylic acids is 2. The van der Waals surface area contributed by atoms with E-state index in [1.165, 1.54) is 4.88 Å². The zero-order valence-electron chi connectivity index (χ0n) is 18.1. The SMILES string of the molecule is Cc1cccc(C)c1NC(=O)CN1CCN([C@H](C)C(=O)NCCc2cccs2)CC1. The Morgan fingerprint density at radius 1 is 1.07 bits per heavy atom. The molecule has 1 saturated heterocycles. The molecule has 1 aliphatic rings. The van der Waals surface area contributed by atoms with Gasteiger partial charge in [-0.25, -0.2) is 0 Å². The number of piperazine rings is 1. The van der Waals surface area contributed by atoms with Crippen LogP contribution in [0.1, 0.15) is 22.9 Å². The second-order valence-corrected chi connectivity index (χ2v) is 8.96. The Morgan fingerprint density at radius 3 is 2.40 bits per heavy atom. The first-order valence-corrected chi connectivity index (χ1v) is 11.4. The summed E-state index contributed by atoms with van der Waals surface area (Å²) in [6.07, 6.45) is 0.874. The lowest BCUT2D eigenvalue weighted by Crippen LogP contribution is -2.54. The molecule has 0 aliphatic carbocycles. The van der Waals surface area contributed by atoms with Gasteiger partial charge >= 0.3 is 0 Å². The van der Waals surface area contributed by atoms with Gasteiger partial charge in [0.2, 0.25) is 11.8 Å². The molecule has 162 valence electrons. The number of hydrogen-bond acceptors (Lipinski definition) is 5. The van der Waals surface area contributed by atoms with Gasteiger partial charge < -0.3 is 10.6 Å². The quantitative estimate of drug-likeness (QED) is 0.679. The first-order valence-electron chi connectivity index (χ1n) is 10.6. The van der Waals surface area contributed by atoms with E-state index in [0.717, 1.165) is 49.4 Å². The van der Waals surface area contributed by atoms with E-state index in [9.17, 15) is 9.59 Å². The summed E-state index contributed by atoms with van der Waals surface area (Å²) in [5, 5.41) is 8.16. The summed E-state index contributed by atoms with van der Waals surface area (Å²) in [6, 6.07) is 9.99. The normalized spacial score (nSPS) is 16.2. The molecule has 0 bridgehead atoms. The van der Waals surface area contributed by atoms with Crippen LogP contribution >= 0.6 is 11.3 Å². The lowest BCUT2D eigenvalue weighted by molar-refractivity contribution is -0.127. The Morgan fingerprint density at radius 2 is 1.77 bits per heavy atom. The third-order valence-electron chi connectivity index (χ3n) is 5.70. The Balaban J connectivity index is 1.39. The topological polar surface area (TPSA) is 64.7 Å². The minimum atomic E-state index is -0.154. The summed E-state index contributed by atoms with van der Waals surface area (Å²) in [6.45, 7) is 10.2. The van der Waals surface area contributed by atoms with Crippen molar-refractivity contribution in [2.24, 2.45) is 0 Å². The van der Waals surface area contributed by atoms with Gasteiger partial charge in [-0.2, -0.15) is 0 Å². The number of rotatable bonds is 8. The van der Waals surface area contributed by atoms with E-state index in [-0.39, 0.29) is 17.9 Å². The molecular weight excluding hydrogens is 396 g/mol. The van der Waals surface area contributed by atoms with E-state index in [1.807, 2.05) is 45.0 Å². The lowest BCUT2D eigenvalue weighted by atomic mass is 10.1. The Labute approximate surface area is 183 Å². The summed E-state index contributed by atoms with van der Waals surface area (Å²) in [4.78, 5) is 30.6. The monoisotopic (exact) mass is 428 g/mol. The third-order valence-corrected chi connectivity index (χ3v) is 6.63. The average molecular weight is 429 g/mol. The average Bonchev–Trinajstić information content (AvgIpc) is 3.24. The molecule has 1 aliphatic heterocycles. The summed E-state index contributed by atoms with van der Waals surface area (Å²) >= 11 is 1.72. The predicted molar refractivity (Wildman–Crippen MR) is 123 cm³/mol. The van der Waals surface area contributed by atoms with Crippen molar-refractivity contribution < 1.29 is 9.59 Å². The number of carbonyl (C=O) groups is 2. The highest BCUT2D eigenvalue weighted by Gasteiger charge is 2.26. The molecule has 1 fully saturated rings. The largest absolute Gasteiger partial charge is 0.354 e. The predicted octanol–water partition coefficient (Wildman–Crippen LogP) is 2.67. The number of nitrogens with zero attached hydrogens (tertiary/aromatic N) is 2. The molecule has 2 amide bonds. The minimum absolute atomic E-state index is 0.0141. The molecule has 0 radical (unpaired) electrons. The number of nitrogens with one attached hydrogen (secondary N) is 2. The van der Waals surface area contributed by atoms with E-state index in [2.05, 4.69) is 31.9 Å². The van der Waals surface area contributed by atoms with Gasteiger partial charge in [0, 0.05) is 43.3 Å². The molecule has 0 spiro atoms. The lowest BCUT2D eigenvalue weighted by Gasteiger charge is -2.37. The Kier molecular flexibility index (Phi) is 8.01. The zero-order chi connectivity index (χ0) is 21.5. The van der Waals surface area contributed by atoms with Crippen molar-refractivity contribution in [2.75, 3.05) is 44.6 Å². The van der Waals surface area contributed by atoms with E-state index in [1.54, 1.807) is 11.3 Å². The van der Waals surface area contributed by atoms with Crippen molar-refractivity contribution in [3.05, 3.63) is 51.7 Å². The number of amides is 2. The fourth-order valence-electron chi connectivity index (χ4n) is 3.78. The smallest absolute Gasteiger partial charge is 0.238 e. The number of para-hydroxylation sites is 1. The van der Waals surface area contributed by atoms with Gasteiger partial charge in [0.25, 0.3) is 0 Å². The van der Waals surface area contributed by atoms with Crippen molar-refractivity contribution in [3.8, 4) is 0 Å². The highest BCUT2D eigenvalue weighted by atomic mass is 32.1. The maximum atomic E-state index is 12.5. The van der Waals surface area contributed by atoms with Crippen LogP contribution in [0.25, 0.3) is 0 Å². The first kappa shape index (κ1) is 22.5. The molecule has 0 unspecified atom stereocenters. The zero-order valence-corrected chi connectivity index (χ0v) is 18.9. The Hall–Kier alpha value is -2.22. The molecule has 1 atom stereocenters. The molecule has 2 aromatic rings. The van der Waals surface area contributed by atoms with E-state index in [4.69, 9.17) is 0 Å². The van der Waals surface area contributed by atoms with Crippen LogP contribution in [0.15, 0.2) is 35.7 Å². The summed E-state index contributed by atoms with van der Waals surface area (Å²) in [5.74, 6) is 0.0907. The summed E-state index contributed by atoms with van der Waals surface area (Å²) in [5.41, 5.74) is 3.06. The number of aryl methyl sites for hydroxylation is 2. The standard InChI is InChI=1S/C23H32N4O2S/c1-17-6-4-7-18(2)22(17)25-21(28)16-26-11-13-27(14-12-26)19(3)23(29)24-10-9-20-8-5-15-30-20/h4-8,15,19H,9-14,16H2,1-3H3,(H,24,29)(H,25,28)/t19-/m1/s1. The molecule has 0 saturated carbocycles. The maximum Gasteiger partial charge on any atom is 0.238 e. The van der Waals surface area contributed by atoms with Crippen LogP contribution in [-0.4, -0.2) is 66.9 Å². The fraction of sp³-hybridized carbons (Fsp3) is 0.478.